The van der Waals surface area contributed by atoms with Gasteiger partial charge in [-0.25, -0.2) is 9.97 Å². The lowest BCUT2D eigenvalue weighted by Gasteiger charge is -2.39. The monoisotopic (exact) mass is 230 g/mol. The summed E-state index contributed by atoms with van der Waals surface area (Å²) in [5.74, 6) is 1.60. The molecule has 1 saturated heterocycles. The molecule has 5 nitrogen and oxygen atoms in total. The summed E-state index contributed by atoms with van der Waals surface area (Å²) in [5, 5.41) is 4.59. The van der Waals surface area contributed by atoms with E-state index >= 15 is 0 Å². The zero-order chi connectivity index (χ0) is 11.2. The predicted molar refractivity (Wildman–Crippen MR) is 63.8 cm³/mol. The molecule has 1 aliphatic heterocycles. The molecular formula is C12H14N4O. The lowest BCUT2D eigenvalue weighted by atomic mass is 9.76. The highest BCUT2D eigenvalue weighted by molar-refractivity contribution is 5.86. The average molecular weight is 230 g/mol. The summed E-state index contributed by atoms with van der Waals surface area (Å²) >= 11 is 0. The number of H-pyrrole nitrogens is 1. The van der Waals surface area contributed by atoms with Crippen LogP contribution in [-0.2, 0) is 4.74 Å². The SMILES string of the molecule is c1nc(N[C@H]2C[C@@H]3OCC[C@H]23)c2cc[nH]c2n1. The molecule has 17 heavy (non-hydrogen) atoms. The summed E-state index contributed by atoms with van der Waals surface area (Å²) in [5.41, 5.74) is 0.890. The molecule has 3 atom stereocenters. The van der Waals surface area contributed by atoms with E-state index in [-0.39, 0.29) is 0 Å². The van der Waals surface area contributed by atoms with Crippen LogP contribution in [0.15, 0.2) is 18.6 Å². The molecule has 1 aliphatic carbocycles. The maximum atomic E-state index is 5.61. The van der Waals surface area contributed by atoms with E-state index in [1.165, 1.54) is 6.42 Å². The Morgan fingerprint density at radius 1 is 1.41 bits per heavy atom. The second kappa shape index (κ2) is 3.43. The van der Waals surface area contributed by atoms with Crippen LogP contribution in [0.25, 0.3) is 11.0 Å². The molecule has 0 bridgehead atoms. The van der Waals surface area contributed by atoms with Crippen LogP contribution >= 0.6 is 0 Å². The number of hydrogen-bond acceptors (Lipinski definition) is 4. The lowest BCUT2D eigenvalue weighted by Crippen LogP contribution is -2.47. The molecule has 2 aliphatic rings. The Kier molecular flexibility index (Phi) is 1.90. The number of hydrogen-bond donors (Lipinski definition) is 2. The number of aromatic amines is 1. The molecule has 3 heterocycles. The molecule has 0 aromatic carbocycles. The molecule has 2 fully saturated rings. The smallest absolute Gasteiger partial charge is 0.142 e. The fourth-order valence-electron chi connectivity index (χ4n) is 2.93. The van der Waals surface area contributed by atoms with Gasteiger partial charge in [0.05, 0.1) is 11.5 Å². The van der Waals surface area contributed by atoms with Gasteiger partial charge in [-0.2, -0.15) is 0 Å². The molecule has 88 valence electrons. The van der Waals surface area contributed by atoms with Crippen molar-refractivity contribution in [2.45, 2.75) is 25.0 Å². The Bertz CT molecular complexity index is 552. The largest absolute Gasteiger partial charge is 0.378 e. The highest BCUT2D eigenvalue weighted by Gasteiger charge is 2.45. The summed E-state index contributed by atoms with van der Waals surface area (Å²) in [6, 6.07) is 2.52. The van der Waals surface area contributed by atoms with E-state index in [1.54, 1.807) is 6.33 Å². The molecule has 2 aromatic rings. The molecule has 0 amide bonds. The Morgan fingerprint density at radius 3 is 3.35 bits per heavy atom. The number of rotatable bonds is 2. The minimum Gasteiger partial charge on any atom is -0.378 e. The Balaban J connectivity index is 1.61. The minimum atomic E-state index is 0.482. The molecule has 2 aromatic heterocycles. The first-order valence-corrected chi connectivity index (χ1v) is 6.08. The van der Waals surface area contributed by atoms with Gasteiger partial charge >= 0.3 is 0 Å². The average Bonchev–Trinajstić information content (AvgIpc) is 2.92. The molecule has 4 rings (SSSR count). The first kappa shape index (κ1) is 9.41. The fraction of sp³-hybridized carbons (Fsp3) is 0.500. The maximum Gasteiger partial charge on any atom is 0.142 e. The van der Waals surface area contributed by atoms with Crippen molar-refractivity contribution in [2.75, 3.05) is 11.9 Å². The van der Waals surface area contributed by atoms with Crippen molar-refractivity contribution < 1.29 is 4.74 Å². The van der Waals surface area contributed by atoms with Crippen LogP contribution in [0.1, 0.15) is 12.8 Å². The van der Waals surface area contributed by atoms with Crippen molar-refractivity contribution in [3.63, 3.8) is 0 Å². The van der Waals surface area contributed by atoms with Gasteiger partial charge in [0.25, 0.3) is 0 Å². The van der Waals surface area contributed by atoms with Crippen molar-refractivity contribution in [1.29, 1.82) is 0 Å². The van der Waals surface area contributed by atoms with Crippen LogP contribution in [0, 0.1) is 5.92 Å². The fourth-order valence-corrected chi connectivity index (χ4v) is 2.93. The first-order valence-electron chi connectivity index (χ1n) is 6.08. The number of fused-ring (bicyclic) bond motifs is 2. The molecule has 0 unspecified atom stereocenters. The third kappa shape index (κ3) is 1.35. The number of anilines is 1. The summed E-state index contributed by atoms with van der Waals surface area (Å²) < 4.78 is 5.61. The van der Waals surface area contributed by atoms with E-state index < -0.39 is 0 Å². The quantitative estimate of drug-likeness (QED) is 0.821. The molecule has 1 saturated carbocycles. The topological polar surface area (TPSA) is 62.8 Å². The van der Waals surface area contributed by atoms with Gasteiger partial charge in [-0.3, -0.25) is 0 Å². The number of nitrogens with one attached hydrogen (secondary N) is 2. The van der Waals surface area contributed by atoms with Gasteiger partial charge < -0.3 is 15.0 Å². The van der Waals surface area contributed by atoms with E-state index in [2.05, 4.69) is 20.3 Å². The van der Waals surface area contributed by atoms with E-state index in [0.29, 0.717) is 18.1 Å². The minimum absolute atomic E-state index is 0.482. The van der Waals surface area contributed by atoms with E-state index in [9.17, 15) is 0 Å². The van der Waals surface area contributed by atoms with Crippen LogP contribution < -0.4 is 5.32 Å². The molecular weight excluding hydrogens is 216 g/mol. The van der Waals surface area contributed by atoms with Gasteiger partial charge in [0.15, 0.2) is 0 Å². The normalized spacial score (nSPS) is 31.2. The first-order chi connectivity index (χ1) is 8.42. The zero-order valence-electron chi connectivity index (χ0n) is 9.39. The summed E-state index contributed by atoms with van der Waals surface area (Å²) in [7, 11) is 0. The second-order valence-electron chi connectivity index (χ2n) is 4.81. The van der Waals surface area contributed by atoms with Crippen molar-refractivity contribution in [1.82, 2.24) is 15.0 Å². The van der Waals surface area contributed by atoms with Crippen LogP contribution in [0.5, 0.6) is 0 Å². The number of aromatic nitrogens is 3. The molecule has 5 heteroatoms. The van der Waals surface area contributed by atoms with Crippen LogP contribution in [0.2, 0.25) is 0 Å². The summed E-state index contributed by atoms with van der Waals surface area (Å²) in [6.45, 7) is 0.914. The van der Waals surface area contributed by atoms with E-state index in [4.69, 9.17) is 4.74 Å². The summed E-state index contributed by atoms with van der Waals surface area (Å²) in [6.07, 6.45) is 6.25. The van der Waals surface area contributed by atoms with Gasteiger partial charge in [-0.1, -0.05) is 0 Å². The lowest BCUT2D eigenvalue weighted by molar-refractivity contribution is 0.0247. The zero-order valence-corrected chi connectivity index (χ0v) is 9.39. The van der Waals surface area contributed by atoms with Crippen molar-refractivity contribution in [3.8, 4) is 0 Å². The van der Waals surface area contributed by atoms with Crippen LogP contribution in [-0.4, -0.2) is 33.7 Å². The highest BCUT2D eigenvalue weighted by atomic mass is 16.5. The third-order valence-electron chi connectivity index (χ3n) is 3.94. The second-order valence-corrected chi connectivity index (χ2v) is 4.81. The highest BCUT2D eigenvalue weighted by Crippen LogP contribution is 2.40. The van der Waals surface area contributed by atoms with Gasteiger partial charge in [0, 0.05) is 24.8 Å². The van der Waals surface area contributed by atoms with E-state index in [1.807, 2.05) is 12.3 Å². The maximum absolute atomic E-state index is 5.61. The summed E-state index contributed by atoms with van der Waals surface area (Å²) in [4.78, 5) is 11.6. The molecule has 2 N–H and O–H groups in total. The van der Waals surface area contributed by atoms with Gasteiger partial charge in [0.1, 0.15) is 17.8 Å². The van der Waals surface area contributed by atoms with Gasteiger partial charge in [-0.15, -0.1) is 0 Å². The van der Waals surface area contributed by atoms with Crippen LogP contribution in [0.4, 0.5) is 5.82 Å². The number of nitrogens with zero attached hydrogens (tertiary/aromatic N) is 2. The van der Waals surface area contributed by atoms with Crippen molar-refractivity contribution in [3.05, 3.63) is 18.6 Å². The Hall–Kier alpha value is -1.62. The third-order valence-corrected chi connectivity index (χ3v) is 3.94. The van der Waals surface area contributed by atoms with Crippen molar-refractivity contribution >= 4 is 16.9 Å². The Labute approximate surface area is 98.6 Å². The van der Waals surface area contributed by atoms with E-state index in [0.717, 1.165) is 29.9 Å². The van der Waals surface area contributed by atoms with Gasteiger partial charge in [0.2, 0.25) is 0 Å². The molecule has 0 spiro atoms. The van der Waals surface area contributed by atoms with Crippen LogP contribution in [0.3, 0.4) is 0 Å². The standard InChI is InChI=1S/C12H14N4O/c1-3-13-11-8(1)12(15-6-14-11)16-9-5-10-7(9)2-4-17-10/h1,3,6-7,9-10H,2,4-5H2,(H2,13,14,15,16)/t7-,9+,10+/m1/s1. The predicted octanol–water partition coefficient (Wildman–Crippen LogP) is 1.55. The molecule has 0 radical (unpaired) electrons. The van der Waals surface area contributed by atoms with Gasteiger partial charge in [-0.05, 0) is 18.9 Å². The Morgan fingerprint density at radius 2 is 2.41 bits per heavy atom. The van der Waals surface area contributed by atoms with Crippen molar-refractivity contribution in [2.24, 2.45) is 5.92 Å². The number of ether oxygens (including phenoxy) is 1.